The average Bonchev–Trinajstić information content (AvgIpc) is 3.06. The number of benzene rings is 1. The Labute approximate surface area is 169 Å². The molecule has 0 radical (unpaired) electrons. The molecule has 0 saturated carbocycles. The third-order valence-corrected chi connectivity index (χ3v) is 5.33. The Bertz CT molecular complexity index is 845. The zero-order chi connectivity index (χ0) is 20.3. The van der Waals surface area contributed by atoms with E-state index in [1.165, 1.54) is 0 Å². The summed E-state index contributed by atoms with van der Waals surface area (Å²) in [5, 5.41) is 0.483. The van der Waals surface area contributed by atoms with Gasteiger partial charge < -0.3 is 19.1 Å². The Morgan fingerprint density at radius 1 is 1.29 bits per heavy atom. The number of hydrogen-bond acceptors (Lipinski definition) is 6. The summed E-state index contributed by atoms with van der Waals surface area (Å²) in [5.41, 5.74) is 3.07. The van der Waals surface area contributed by atoms with Crippen LogP contribution in [0.15, 0.2) is 46.8 Å². The molecule has 0 amide bonds. The molecule has 7 heteroatoms. The number of halogens is 1. The van der Waals surface area contributed by atoms with Crippen LogP contribution in [0.5, 0.6) is 0 Å². The van der Waals surface area contributed by atoms with Crippen LogP contribution in [0, 0.1) is 0 Å². The molecule has 2 aliphatic rings. The Hall–Kier alpha value is -2.31. The van der Waals surface area contributed by atoms with Gasteiger partial charge in [-0.3, -0.25) is 0 Å². The number of likely N-dealkylation sites (N-methyl/N-ethyl adjacent to an activating group) is 1. The molecule has 3 rings (SSSR count). The van der Waals surface area contributed by atoms with E-state index in [1.807, 2.05) is 43.9 Å². The van der Waals surface area contributed by atoms with E-state index in [1.54, 1.807) is 6.07 Å². The van der Waals surface area contributed by atoms with Gasteiger partial charge in [0.1, 0.15) is 13.2 Å². The van der Waals surface area contributed by atoms with Crippen molar-refractivity contribution >= 4 is 23.5 Å². The normalized spacial score (nSPS) is 19.1. The molecule has 2 aliphatic heterocycles. The lowest BCUT2D eigenvalue weighted by molar-refractivity contribution is -0.141. The summed E-state index contributed by atoms with van der Waals surface area (Å²) < 4.78 is 16.0. The molecule has 0 spiro atoms. The maximum Gasteiger partial charge on any atom is 0.337 e. The number of carbonyl (C=O) groups excluding carboxylic acids is 2. The molecular weight excluding hydrogens is 382 g/mol. The number of carbonyl (C=O) groups is 2. The van der Waals surface area contributed by atoms with Gasteiger partial charge >= 0.3 is 11.9 Å². The first kappa shape index (κ1) is 20.4. The van der Waals surface area contributed by atoms with Gasteiger partial charge in [-0.25, -0.2) is 9.59 Å². The molecule has 0 saturated heterocycles. The van der Waals surface area contributed by atoms with E-state index < -0.39 is 17.9 Å². The number of allylic oxidation sites excluding steroid dienone is 1. The highest BCUT2D eigenvalue weighted by atomic mass is 35.5. The third-order valence-electron chi connectivity index (χ3n) is 4.99. The summed E-state index contributed by atoms with van der Waals surface area (Å²) in [6.07, 6.45) is 0. The first-order valence-corrected chi connectivity index (χ1v) is 9.76. The van der Waals surface area contributed by atoms with Gasteiger partial charge in [0, 0.05) is 23.9 Å². The lowest BCUT2D eigenvalue weighted by atomic mass is 9.80. The minimum atomic E-state index is -0.624. The van der Waals surface area contributed by atoms with Crippen LogP contribution in [0.25, 0.3) is 0 Å². The standard InChI is InChI=1S/C21H24ClNO5/c1-4-23-13(3)17(20(24)27-11-10-26-5-2)18(14-8-6-7-9-15(14)22)19-16(23)12-28-21(19)25/h6-9,18H,4-5,10-12H2,1-3H3. The highest BCUT2D eigenvalue weighted by molar-refractivity contribution is 6.31. The van der Waals surface area contributed by atoms with Crippen molar-refractivity contribution in [3.05, 3.63) is 57.4 Å². The zero-order valence-electron chi connectivity index (χ0n) is 16.3. The smallest absolute Gasteiger partial charge is 0.337 e. The first-order valence-electron chi connectivity index (χ1n) is 9.38. The molecule has 0 aromatic heterocycles. The fourth-order valence-corrected chi connectivity index (χ4v) is 3.99. The van der Waals surface area contributed by atoms with Crippen molar-refractivity contribution in [3.8, 4) is 0 Å². The van der Waals surface area contributed by atoms with Gasteiger partial charge in [-0.1, -0.05) is 29.8 Å². The number of esters is 2. The van der Waals surface area contributed by atoms with Crippen LogP contribution < -0.4 is 0 Å². The minimum Gasteiger partial charge on any atom is -0.460 e. The van der Waals surface area contributed by atoms with E-state index in [4.69, 9.17) is 25.8 Å². The number of nitrogens with zero attached hydrogens (tertiary/aromatic N) is 1. The Morgan fingerprint density at radius 3 is 2.71 bits per heavy atom. The minimum absolute atomic E-state index is 0.140. The third kappa shape index (κ3) is 3.66. The second-order valence-electron chi connectivity index (χ2n) is 6.47. The average molecular weight is 406 g/mol. The molecule has 2 heterocycles. The summed E-state index contributed by atoms with van der Waals surface area (Å²) in [7, 11) is 0. The molecule has 6 nitrogen and oxygen atoms in total. The number of hydrogen-bond donors (Lipinski definition) is 0. The number of ether oxygens (including phenoxy) is 3. The van der Waals surface area contributed by atoms with Crippen LogP contribution in [0.4, 0.5) is 0 Å². The molecule has 0 bridgehead atoms. The first-order chi connectivity index (χ1) is 13.5. The van der Waals surface area contributed by atoms with Crippen LogP contribution in [-0.2, 0) is 23.8 Å². The van der Waals surface area contributed by atoms with Gasteiger partial charge in [0.2, 0.25) is 0 Å². The van der Waals surface area contributed by atoms with Gasteiger partial charge in [-0.2, -0.15) is 0 Å². The summed E-state index contributed by atoms with van der Waals surface area (Å²) in [6, 6.07) is 7.22. The second-order valence-corrected chi connectivity index (χ2v) is 6.87. The van der Waals surface area contributed by atoms with Crippen LogP contribution in [0.2, 0.25) is 5.02 Å². The largest absolute Gasteiger partial charge is 0.460 e. The predicted octanol–water partition coefficient (Wildman–Crippen LogP) is 3.42. The van der Waals surface area contributed by atoms with Crippen molar-refractivity contribution in [2.75, 3.05) is 33.0 Å². The predicted molar refractivity (Wildman–Crippen MR) is 105 cm³/mol. The molecule has 28 heavy (non-hydrogen) atoms. The molecule has 1 aromatic rings. The Balaban J connectivity index is 2.07. The fourth-order valence-electron chi connectivity index (χ4n) is 3.75. The van der Waals surface area contributed by atoms with Crippen molar-refractivity contribution < 1.29 is 23.8 Å². The lowest BCUT2D eigenvalue weighted by Crippen LogP contribution is -2.34. The number of cyclic esters (lactones) is 1. The maximum absolute atomic E-state index is 13.0. The molecule has 0 aliphatic carbocycles. The summed E-state index contributed by atoms with van der Waals surface area (Å²) in [4.78, 5) is 27.6. The maximum atomic E-state index is 13.0. The van der Waals surface area contributed by atoms with Gasteiger partial charge in [-0.15, -0.1) is 0 Å². The van der Waals surface area contributed by atoms with Crippen molar-refractivity contribution in [2.45, 2.75) is 26.7 Å². The summed E-state index contributed by atoms with van der Waals surface area (Å²) in [6.45, 7) is 7.50. The lowest BCUT2D eigenvalue weighted by Gasteiger charge is -2.35. The van der Waals surface area contributed by atoms with Crippen molar-refractivity contribution in [2.24, 2.45) is 0 Å². The summed E-state index contributed by atoms with van der Waals surface area (Å²) >= 11 is 6.45. The highest BCUT2D eigenvalue weighted by Crippen LogP contribution is 2.46. The quantitative estimate of drug-likeness (QED) is 0.511. The van der Waals surface area contributed by atoms with Crippen LogP contribution in [0.1, 0.15) is 32.3 Å². The SMILES string of the molecule is CCOCCOC(=O)C1=C(C)N(CC)C2=C(C(=O)OC2)C1c1ccccc1Cl. The zero-order valence-corrected chi connectivity index (χ0v) is 17.0. The van der Waals surface area contributed by atoms with Crippen molar-refractivity contribution in [1.29, 1.82) is 0 Å². The van der Waals surface area contributed by atoms with E-state index in [9.17, 15) is 9.59 Å². The molecular formula is C21H24ClNO5. The highest BCUT2D eigenvalue weighted by Gasteiger charge is 2.44. The monoisotopic (exact) mass is 405 g/mol. The van der Waals surface area contributed by atoms with Crippen molar-refractivity contribution in [1.82, 2.24) is 4.90 Å². The van der Waals surface area contributed by atoms with Gasteiger partial charge in [-0.05, 0) is 32.4 Å². The molecule has 150 valence electrons. The fraction of sp³-hybridized carbons (Fsp3) is 0.429. The molecule has 1 atom stereocenters. The van der Waals surface area contributed by atoms with E-state index >= 15 is 0 Å². The van der Waals surface area contributed by atoms with Crippen LogP contribution in [0.3, 0.4) is 0 Å². The Morgan fingerprint density at radius 2 is 2.04 bits per heavy atom. The van der Waals surface area contributed by atoms with E-state index in [2.05, 4.69) is 0 Å². The Kier molecular flexibility index (Phi) is 6.42. The van der Waals surface area contributed by atoms with Crippen LogP contribution >= 0.6 is 11.6 Å². The van der Waals surface area contributed by atoms with E-state index in [-0.39, 0.29) is 13.2 Å². The molecule has 0 N–H and O–H groups in total. The van der Waals surface area contributed by atoms with Gasteiger partial charge in [0.05, 0.1) is 29.4 Å². The molecule has 0 fully saturated rings. The number of rotatable bonds is 7. The van der Waals surface area contributed by atoms with E-state index in [0.29, 0.717) is 41.5 Å². The van der Waals surface area contributed by atoms with Crippen LogP contribution in [-0.4, -0.2) is 49.8 Å². The van der Waals surface area contributed by atoms with Gasteiger partial charge in [0.15, 0.2) is 0 Å². The summed E-state index contributed by atoms with van der Waals surface area (Å²) in [5.74, 6) is -1.53. The van der Waals surface area contributed by atoms with E-state index in [0.717, 1.165) is 11.4 Å². The molecule has 1 unspecified atom stereocenters. The van der Waals surface area contributed by atoms with Gasteiger partial charge in [0.25, 0.3) is 0 Å². The molecule has 1 aromatic carbocycles. The topological polar surface area (TPSA) is 65.1 Å². The second kappa shape index (κ2) is 8.80. The van der Waals surface area contributed by atoms with Crippen molar-refractivity contribution in [3.63, 3.8) is 0 Å².